The number of nitrogens with two attached hydrogens (primary N) is 1. The Morgan fingerprint density at radius 3 is 2.45 bits per heavy atom. The topological polar surface area (TPSA) is 82.8 Å². The molecule has 0 saturated heterocycles. The number of amides is 1. The molecule has 1 aromatic rings. The normalized spacial score (nSPS) is 10.5. The number of hydrogen-bond donors (Lipinski definition) is 2. The molecule has 0 heterocycles. The lowest BCUT2D eigenvalue weighted by atomic mass is 10.1. The van der Waals surface area contributed by atoms with Gasteiger partial charge < -0.3 is 14.2 Å². The van der Waals surface area contributed by atoms with Crippen LogP contribution in [0.5, 0.6) is 0 Å². The molecule has 6 nitrogen and oxygen atoms in total. The summed E-state index contributed by atoms with van der Waals surface area (Å²) in [4.78, 5) is 11.2. The van der Waals surface area contributed by atoms with Crippen LogP contribution in [0.25, 0.3) is 0 Å². The molecule has 0 aliphatic rings. The number of benzene rings is 1. The van der Waals surface area contributed by atoms with Crippen LogP contribution in [-0.4, -0.2) is 39.4 Å². The van der Waals surface area contributed by atoms with Gasteiger partial charge in [-0.15, -0.1) is 0 Å². The predicted octanol–water partition coefficient (Wildman–Crippen LogP) is 0.860. The van der Waals surface area contributed by atoms with Crippen LogP contribution in [0, 0.1) is 0 Å². The number of hydrazine groups is 1. The van der Waals surface area contributed by atoms with Gasteiger partial charge in [0.2, 0.25) is 0 Å². The molecule has 0 aromatic heterocycles. The third kappa shape index (κ3) is 6.63. The molecule has 20 heavy (non-hydrogen) atoms. The number of carbonyl (C=O) groups is 1. The summed E-state index contributed by atoms with van der Waals surface area (Å²) in [7, 11) is 1.67. The first-order valence-corrected chi connectivity index (χ1v) is 6.52. The molecular formula is C14H22N2O4. The zero-order valence-electron chi connectivity index (χ0n) is 11.8. The van der Waals surface area contributed by atoms with E-state index >= 15 is 0 Å². The lowest BCUT2D eigenvalue weighted by Gasteiger charge is -2.06. The van der Waals surface area contributed by atoms with Crippen LogP contribution in [0.4, 0.5) is 0 Å². The molecule has 1 aromatic carbocycles. The van der Waals surface area contributed by atoms with Crippen molar-refractivity contribution in [3.63, 3.8) is 0 Å². The summed E-state index contributed by atoms with van der Waals surface area (Å²) in [6.45, 7) is 2.99. The zero-order chi connectivity index (χ0) is 14.6. The quantitative estimate of drug-likeness (QED) is 0.288. The van der Waals surface area contributed by atoms with Crippen molar-refractivity contribution in [2.24, 2.45) is 5.84 Å². The predicted molar refractivity (Wildman–Crippen MR) is 75.1 cm³/mol. The van der Waals surface area contributed by atoms with Crippen molar-refractivity contribution in [3.8, 4) is 0 Å². The van der Waals surface area contributed by atoms with E-state index in [2.05, 4.69) is 5.43 Å². The van der Waals surface area contributed by atoms with Crippen LogP contribution in [0.3, 0.4) is 0 Å². The lowest BCUT2D eigenvalue weighted by Crippen LogP contribution is -2.29. The van der Waals surface area contributed by atoms with Crippen LogP contribution < -0.4 is 11.3 Å². The molecule has 0 aliphatic heterocycles. The van der Waals surface area contributed by atoms with Crippen molar-refractivity contribution in [1.82, 2.24) is 5.43 Å². The molecule has 0 saturated carbocycles. The maximum atomic E-state index is 11.2. The van der Waals surface area contributed by atoms with Crippen LogP contribution >= 0.6 is 0 Å². The fourth-order valence-corrected chi connectivity index (χ4v) is 1.55. The Bertz CT molecular complexity index is 381. The second-order valence-electron chi connectivity index (χ2n) is 4.18. The molecule has 0 spiro atoms. The Labute approximate surface area is 119 Å². The molecule has 0 fully saturated rings. The number of ether oxygens (including phenoxy) is 3. The highest BCUT2D eigenvalue weighted by Gasteiger charge is 2.02. The van der Waals surface area contributed by atoms with Gasteiger partial charge in [-0.3, -0.25) is 10.2 Å². The summed E-state index contributed by atoms with van der Waals surface area (Å²) in [5.41, 5.74) is 3.61. The van der Waals surface area contributed by atoms with E-state index in [1.165, 1.54) is 0 Å². The fraction of sp³-hybridized carbons (Fsp3) is 0.500. The van der Waals surface area contributed by atoms with Gasteiger partial charge >= 0.3 is 0 Å². The maximum absolute atomic E-state index is 11.2. The monoisotopic (exact) mass is 282 g/mol. The van der Waals surface area contributed by atoms with E-state index in [1.807, 2.05) is 12.1 Å². The third-order valence-electron chi connectivity index (χ3n) is 2.63. The van der Waals surface area contributed by atoms with Crippen LogP contribution in [-0.2, 0) is 20.8 Å². The second kappa shape index (κ2) is 10.3. The van der Waals surface area contributed by atoms with Gasteiger partial charge in [0, 0.05) is 25.9 Å². The van der Waals surface area contributed by atoms with E-state index in [-0.39, 0.29) is 5.91 Å². The summed E-state index contributed by atoms with van der Waals surface area (Å²) in [6.07, 6.45) is 0.890. The second-order valence-corrected chi connectivity index (χ2v) is 4.18. The van der Waals surface area contributed by atoms with E-state index in [4.69, 9.17) is 20.1 Å². The van der Waals surface area contributed by atoms with Crippen molar-refractivity contribution in [3.05, 3.63) is 35.4 Å². The van der Waals surface area contributed by atoms with Gasteiger partial charge in [-0.1, -0.05) is 12.1 Å². The molecule has 1 rings (SSSR count). The first kappa shape index (κ1) is 16.6. The van der Waals surface area contributed by atoms with Crippen LogP contribution in [0.15, 0.2) is 24.3 Å². The minimum absolute atomic E-state index is 0.304. The molecule has 112 valence electrons. The van der Waals surface area contributed by atoms with Gasteiger partial charge in [0.15, 0.2) is 0 Å². The number of rotatable bonds is 10. The SMILES string of the molecule is COCCCOCCOCc1ccc(C(=O)NN)cc1. The summed E-state index contributed by atoms with van der Waals surface area (Å²) in [5, 5.41) is 0. The minimum Gasteiger partial charge on any atom is -0.385 e. The van der Waals surface area contributed by atoms with E-state index in [1.54, 1.807) is 19.2 Å². The first-order chi connectivity index (χ1) is 9.77. The molecule has 0 radical (unpaired) electrons. The average molecular weight is 282 g/mol. The summed E-state index contributed by atoms with van der Waals surface area (Å²) in [5.74, 6) is 4.75. The molecule has 6 heteroatoms. The van der Waals surface area contributed by atoms with Crippen molar-refractivity contribution < 1.29 is 19.0 Å². The average Bonchev–Trinajstić information content (AvgIpc) is 2.50. The molecular weight excluding hydrogens is 260 g/mol. The number of methoxy groups -OCH3 is 1. The maximum Gasteiger partial charge on any atom is 0.265 e. The minimum atomic E-state index is -0.304. The standard InChI is InChI=1S/C14H22N2O4/c1-18-7-2-8-19-9-10-20-11-12-3-5-13(6-4-12)14(17)16-15/h3-6H,2,7-11,15H2,1H3,(H,16,17). The van der Waals surface area contributed by atoms with Crippen LogP contribution in [0.1, 0.15) is 22.3 Å². The van der Waals surface area contributed by atoms with E-state index in [9.17, 15) is 4.79 Å². The Balaban J connectivity index is 2.11. The van der Waals surface area contributed by atoms with E-state index in [0.29, 0.717) is 38.6 Å². The molecule has 1 amide bonds. The third-order valence-corrected chi connectivity index (χ3v) is 2.63. The van der Waals surface area contributed by atoms with Gasteiger partial charge in [-0.2, -0.15) is 0 Å². The number of nitrogen functional groups attached to an aromatic ring is 1. The Hall–Kier alpha value is -1.47. The molecule has 3 N–H and O–H groups in total. The summed E-state index contributed by atoms with van der Waals surface area (Å²) in [6, 6.07) is 7.10. The number of nitrogens with one attached hydrogen (secondary N) is 1. The zero-order valence-corrected chi connectivity index (χ0v) is 11.8. The molecule has 0 aliphatic carbocycles. The summed E-state index contributed by atoms with van der Waals surface area (Å²) < 4.78 is 15.8. The largest absolute Gasteiger partial charge is 0.385 e. The number of carbonyl (C=O) groups excluding carboxylic acids is 1. The first-order valence-electron chi connectivity index (χ1n) is 6.52. The Morgan fingerprint density at radius 1 is 1.10 bits per heavy atom. The van der Waals surface area contributed by atoms with Gasteiger partial charge in [-0.05, 0) is 24.1 Å². The van der Waals surface area contributed by atoms with Crippen molar-refractivity contribution >= 4 is 5.91 Å². The molecule has 0 unspecified atom stereocenters. The highest BCUT2D eigenvalue weighted by atomic mass is 16.5. The molecule has 0 bridgehead atoms. The van der Waals surface area contributed by atoms with Crippen molar-refractivity contribution in [2.75, 3.05) is 33.5 Å². The Kier molecular flexibility index (Phi) is 8.57. The lowest BCUT2D eigenvalue weighted by molar-refractivity contribution is 0.0337. The summed E-state index contributed by atoms with van der Waals surface area (Å²) >= 11 is 0. The van der Waals surface area contributed by atoms with Gasteiger partial charge in [0.1, 0.15) is 0 Å². The Morgan fingerprint density at radius 2 is 1.80 bits per heavy atom. The van der Waals surface area contributed by atoms with E-state index < -0.39 is 0 Å². The highest BCUT2D eigenvalue weighted by molar-refractivity contribution is 5.93. The smallest absolute Gasteiger partial charge is 0.265 e. The highest BCUT2D eigenvalue weighted by Crippen LogP contribution is 2.05. The van der Waals surface area contributed by atoms with Gasteiger partial charge in [-0.25, -0.2) is 5.84 Å². The van der Waals surface area contributed by atoms with Crippen LogP contribution in [0.2, 0.25) is 0 Å². The van der Waals surface area contributed by atoms with Gasteiger partial charge in [0.25, 0.3) is 5.91 Å². The van der Waals surface area contributed by atoms with E-state index in [0.717, 1.165) is 12.0 Å². The molecule has 0 atom stereocenters. The number of hydrogen-bond acceptors (Lipinski definition) is 5. The van der Waals surface area contributed by atoms with Crippen molar-refractivity contribution in [2.45, 2.75) is 13.0 Å². The van der Waals surface area contributed by atoms with Crippen molar-refractivity contribution in [1.29, 1.82) is 0 Å². The van der Waals surface area contributed by atoms with Gasteiger partial charge in [0.05, 0.1) is 19.8 Å². The fourth-order valence-electron chi connectivity index (χ4n) is 1.55.